The zero-order valence-electron chi connectivity index (χ0n) is 18.3. The Hall–Kier alpha value is -4.30. The Labute approximate surface area is 204 Å². The van der Waals surface area contributed by atoms with Gasteiger partial charge < -0.3 is 9.84 Å². The fraction of sp³-hybridized carbons (Fsp3) is 0.0769. The molecule has 1 N–H and O–H groups in total. The van der Waals surface area contributed by atoms with E-state index in [1.54, 1.807) is 65.6 Å². The molecule has 7 nitrogen and oxygen atoms in total. The summed E-state index contributed by atoms with van der Waals surface area (Å²) in [6.07, 6.45) is 4.83. The Kier molecular flexibility index (Phi) is 6.12. The monoisotopic (exact) mass is 489 g/mol. The molecule has 0 atom stereocenters. The highest BCUT2D eigenvalue weighted by Gasteiger charge is 2.26. The molecule has 0 unspecified atom stereocenters. The van der Waals surface area contributed by atoms with Gasteiger partial charge in [-0.2, -0.15) is 8.97 Å². The number of hydrogen-bond donors (Lipinski definition) is 1. The molecule has 0 radical (unpaired) electrons. The molecule has 35 heavy (non-hydrogen) atoms. The molecule has 0 aliphatic heterocycles. The third-order valence-electron chi connectivity index (χ3n) is 5.48. The number of rotatable bonds is 6. The summed E-state index contributed by atoms with van der Waals surface area (Å²) in [4.78, 5) is 21.6. The number of pyridine rings is 3. The SMILES string of the molecule is O=c1c(-c2ccc(F)c(OCc3ccccn3)c2)c(O)[n+](Cc2ccc(Cl)nc2)c2ccccn12. The third-order valence-corrected chi connectivity index (χ3v) is 5.70. The Morgan fingerprint density at radius 1 is 1.06 bits per heavy atom. The zero-order chi connectivity index (χ0) is 24.4. The van der Waals surface area contributed by atoms with Crippen molar-refractivity contribution in [3.05, 3.63) is 118 Å². The van der Waals surface area contributed by atoms with E-state index in [-0.39, 0.29) is 30.3 Å². The summed E-state index contributed by atoms with van der Waals surface area (Å²) in [5.41, 5.74) is 1.74. The summed E-state index contributed by atoms with van der Waals surface area (Å²) in [7, 11) is 0. The molecule has 9 heteroatoms. The van der Waals surface area contributed by atoms with Crippen molar-refractivity contribution in [3.63, 3.8) is 0 Å². The highest BCUT2D eigenvalue weighted by Crippen LogP contribution is 2.29. The van der Waals surface area contributed by atoms with Gasteiger partial charge in [0.05, 0.1) is 11.9 Å². The van der Waals surface area contributed by atoms with E-state index >= 15 is 0 Å². The van der Waals surface area contributed by atoms with E-state index in [1.165, 1.54) is 22.6 Å². The van der Waals surface area contributed by atoms with E-state index < -0.39 is 11.4 Å². The Morgan fingerprint density at radius 2 is 1.91 bits per heavy atom. The topological polar surface area (TPSA) is 80.6 Å². The lowest BCUT2D eigenvalue weighted by Gasteiger charge is -2.12. The van der Waals surface area contributed by atoms with Crippen molar-refractivity contribution < 1.29 is 18.8 Å². The summed E-state index contributed by atoms with van der Waals surface area (Å²) >= 11 is 5.90. The average molecular weight is 490 g/mol. The molecule has 4 heterocycles. The molecule has 4 aromatic heterocycles. The number of aromatic nitrogens is 4. The fourth-order valence-electron chi connectivity index (χ4n) is 3.78. The van der Waals surface area contributed by atoms with Crippen molar-refractivity contribution in [2.24, 2.45) is 0 Å². The van der Waals surface area contributed by atoms with E-state index in [0.717, 1.165) is 5.56 Å². The maximum atomic E-state index is 14.5. The number of nitrogens with zero attached hydrogens (tertiary/aromatic N) is 4. The first-order valence-electron chi connectivity index (χ1n) is 10.7. The second-order valence-electron chi connectivity index (χ2n) is 7.76. The van der Waals surface area contributed by atoms with E-state index in [9.17, 15) is 14.3 Å². The minimum Gasteiger partial charge on any atom is -0.484 e. The van der Waals surface area contributed by atoms with E-state index in [1.807, 2.05) is 6.07 Å². The van der Waals surface area contributed by atoms with Gasteiger partial charge in [-0.25, -0.2) is 14.2 Å². The molecule has 0 bridgehead atoms. The van der Waals surface area contributed by atoms with Crippen molar-refractivity contribution in [3.8, 4) is 22.8 Å². The van der Waals surface area contributed by atoms with Crippen molar-refractivity contribution in [1.82, 2.24) is 14.4 Å². The quantitative estimate of drug-likeness (QED) is 0.286. The van der Waals surface area contributed by atoms with Crippen molar-refractivity contribution in [1.29, 1.82) is 0 Å². The van der Waals surface area contributed by atoms with Crippen LogP contribution in [0.15, 0.2) is 90.1 Å². The van der Waals surface area contributed by atoms with Crippen LogP contribution in [0.25, 0.3) is 16.8 Å². The predicted molar refractivity (Wildman–Crippen MR) is 128 cm³/mol. The van der Waals surface area contributed by atoms with Gasteiger partial charge in [-0.15, -0.1) is 0 Å². The number of halogens is 2. The number of fused-ring (bicyclic) bond motifs is 1. The second kappa shape index (κ2) is 9.52. The molecule has 0 fully saturated rings. The third kappa shape index (κ3) is 4.56. The van der Waals surface area contributed by atoms with Crippen LogP contribution in [-0.2, 0) is 13.2 Å². The van der Waals surface area contributed by atoms with Crippen LogP contribution in [0, 0.1) is 5.82 Å². The summed E-state index contributed by atoms with van der Waals surface area (Å²) < 4.78 is 23.2. The molecule has 0 saturated heterocycles. The molecule has 5 rings (SSSR count). The van der Waals surface area contributed by atoms with Crippen LogP contribution in [0.2, 0.25) is 5.15 Å². The van der Waals surface area contributed by atoms with Crippen LogP contribution in [0.1, 0.15) is 11.3 Å². The lowest BCUT2D eigenvalue weighted by molar-refractivity contribution is -0.671. The maximum absolute atomic E-state index is 14.5. The Balaban J connectivity index is 1.61. The molecule has 5 aromatic rings. The standard InChI is InChI=1S/C26H18ClFN4O3/c27-22-10-7-17(14-30-22)15-32-23-6-2-4-12-31(23)25(33)24(26(32)34)18-8-9-20(28)21(13-18)35-16-19-5-1-3-11-29-19/h1-14H,15-16H2/p+1. The fourth-order valence-corrected chi connectivity index (χ4v) is 3.89. The summed E-state index contributed by atoms with van der Waals surface area (Å²) in [6.45, 7) is 0.272. The van der Waals surface area contributed by atoms with Gasteiger partial charge in [-0.3, -0.25) is 4.98 Å². The number of hydrogen-bond acceptors (Lipinski definition) is 5. The summed E-state index contributed by atoms with van der Waals surface area (Å²) in [6, 6.07) is 18.0. The second-order valence-corrected chi connectivity index (χ2v) is 8.15. The highest BCUT2D eigenvalue weighted by molar-refractivity contribution is 6.29. The van der Waals surface area contributed by atoms with Crippen molar-refractivity contribution >= 4 is 17.2 Å². The molecular formula is C26H19ClFN4O3+. The first-order valence-corrected chi connectivity index (χ1v) is 11.1. The molecule has 0 aliphatic rings. The molecule has 1 aromatic carbocycles. The van der Waals surface area contributed by atoms with Crippen LogP contribution in [0.3, 0.4) is 0 Å². The van der Waals surface area contributed by atoms with E-state index in [0.29, 0.717) is 22.1 Å². The van der Waals surface area contributed by atoms with Crippen LogP contribution in [0.4, 0.5) is 4.39 Å². The zero-order valence-corrected chi connectivity index (χ0v) is 19.1. The van der Waals surface area contributed by atoms with E-state index in [4.69, 9.17) is 16.3 Å². The highest BCUT2D eigenvalue weighted by atomic mass is 35.5. The Bertz CT molecular complexity index is 1570. The van der Waals surface area contributed by atoms with Gasteiger partial charge in [0, 0.05) is 29.6 Å². The molecule has 174 valence electrons. The molecule has 0 aliphatic carbocycles. The lowest BCUT2D eigenvalue weighted by atomic mass is 10.1. The largest absolute Gasteiger partial charge is 0.484 e. The van der Waals surface area contributed by atoms with Crippen LogP contribution in [-0.4, -0.2) is 19.5 Å². The summed E-state index contributed by atoms with van der Waals surface area (Å²) in [5, 5.41) is 11.6. The Morgan fingerprint density at radius 3 is 2.69 bits per heavy atom. The minimum atomic E-state index is -0.592. The molecule has 0 spiro atoms. The van der Waals surface area contributed by atoms with Gasteiger partial charge in [-0.1, -0.05) is 35.9 Å². The van der Waals surface area contributed by atoms with Gasteiger partial charge in [0.1, 0.15) is 18.3 Å². The number of benzene rings is 1. The van der Waals surface area contributed by atoms with Crippen molar-refractivity contribution in [2.45, 2.75) is 13.2 Å². The summed E-state index contributed by atoms with van der Waals surface area (Å²) in [5.74, 6) is -0.915. The minimum absolute atomic E-state index is 0.0123. The van der Waals surface area contributed by atoms with Crippen LogP contribution >= 0.6 is 11.6 Å². The molecule has 0 amide bonds. The van der Waals surface area contributed by atoms with Gasteiger partial charge in [0.2, 0.25) is 0 Å². The molecule has 0 saturated carbocycles. The van der Waals surface area contributed by atoms with Crippen LogP contribution in [0.5, 0.6) is 11.6 Å². The predicted octanol–water partition coefficient (Wildman–Crippen LogP) is 4.17. The number of aromatic hydroxyl groups is 1. The first kappa shape index (κ1) is 22.5. The van der Waals surface area contributed by atoms with Gasteiger partial charge in [-0.05, 0) is 36.4 Å². The smallest absolute Gasteiger partial charge is 0.354 e. The maximum Gasteiger partial charge on any atom is 0.354 e. The van der Waals surface area contributed by atoms with Crippen molar-refractivity contribution in [2.75, 3.05) is 0 Å². The van der Waals surface area contributed by atoms with Crippen LogP contribution < -0.4 is 14.9 Å². The lowest BCUT2D eigenvalue weighted by Crippen LogP contribution is -2.41. The van der Waals surface area contributed by atoms with Gasteiger partial charge in [0.15, 0.2) is 17.1 Å². The number of ether oxygens (including phenoxy) is 1. The first-order chi connectivity index (χ1) is 17.0. The van der Waals surface area contributed by atoms with Gasteiger partial charge in [0.25, 0.3) is 11.5 Å². The van der Waals surface area contributed by atoms with E-state index in [2.05, 4.69) is 9.97 Å². The van der Waals surface area contributed by atoms with Gasteiger partial charge >= 0.3 is 5.56 Å². The average Bonchev–Trinajstić information content (AvgIpc) is 2.88. The normalized spacial score (nSPS) is 11.0. The molecular weight excluding hydrogens is 471 g/mol.